The number of rotatable bonds is 7. The molecule has 6 heteroatoms. The highest BCUT2D eigenvalue weighted by atomic mass is 35.5. The number of benzene rings is 1. The number of unbranched alkanes of at least 4 members (excludes halogenated alkanes) is 1. The molecule has 0 aliphatic heterocycles. The predicted molar refractivity (Wildman–Crippen MR) is 100.0 cm³/mol. The molecule has 0 aliphatic carbocycles. The third-order valence-electron chi connectivity index (χ3n) is 3.55. The number of anilines is 1. The number of aryl methyl sites for hydroxylation is 1. The van der Waals surface area contributed by atoms with Crippen molar-refractivity contribution in [3.05, 3.63) is 51.2 Å². The normalized spacial score (nSPS) is 10.5. The van der Waals surface area contributed by atoms with Crippen molar-refractivity contribution < 1.29 is 9.59 Å². The van der Waals surface area contributed by atoms with Crippen molar-refractivity contribution in [3.8, 4) is 0 Å². The van der Waals surface area contributed by atoms with Gasteiger partial charge in [-0.25, -0.2) is 0 Å². The Kier molecular flexibility index (Phi) is 6.82. The predicted octanol–water partition coefficient (Wildman–Crippen LogP) is 4.45. The smallest absolute Gasteiger partial charge is 0.254 e. The Morgan fingerprint density at radius 3 is 2.62 bits per heavy atom. The van der Waals surface area contributed by atoms with Gasteiger partial charge >= 0.3 is 0 Å². The standard InChI is InChI=1S/C18H21ClN2O2S/c1-21(2)18(23)15-10-9-13(12-16(15)19)20-17(22)8-4-3-6-14-7-5-11-24-14/h5,7,9-12H,3-4,6,8H2,1-2H3,(H,20,22). The Hall–Kier alpha value is -1.85. The SMILES string of the molecule is CN(C)C(=O)c1ccc(NC(=O)CCCCc2cccs2)cc1Cl. The van der Waals surface area contributed by atoms with Crippen molar-refractivity contribution in [2.24, 2.45) is 0 Å². The van der Waals surface area contributed by atoms with Crippen LogP contribution in [0.25, 0.3) is 0 Å². The minimum absolute atomic E-state index is 0.0380. The van der Waals surface area contributed by atoms with Gasteiger partial charge in [0.1, 0.15) is 0 Å². The van der Waals surface area contributed by atoms with Gasteiger partial charge in [0.15, 0.2) is 0 Å². The molecular weight excluding hydrogens is 344 g/mol. The van der Waals surface area contributed by atoms with E-state index in [1.54, 1.807) is 43.6 Å². The van der Waals surface area contributed by atoms with Crippen molar-refractivity contribution >= 4 is 40.4 Å². The van der Waals surface area contributed by atoms with E-state index in [1.807, 2.05) is 6.07 Å². The maximum atomic E-state index is 12.0. The molecular formula is C18H21ClN2O2S. The molecule has 0 fully saturated rings. The Bertz CT molecular complexity index is 699. The molecule has 2 aromatic rings. The van der Waals surface area contributed by atoms with Crippen molar-refractivity contribution in [2.45, 2.75) is 25.7 Å². The molecule has 1 aromatic heterocycles. The molecule has 0 unspecified atom stereocenters. The molecule has 0 aliphatic rings. The summed E-state index contributed by atoms with van der Waals surface area (Å²) in [5, 5.41) is 5.23. The Morgan fingerprint density at radius 2 is 2.00 bits per heavy atom. The summed E-state index contributed by atoms with van der Waals surface area (Å²) in [5.41, 5.74) is 1.04. The van der Waals surface area contributed by atoms with Crippen LogP contribution in [0, 0.1) is 0 Å². The van der Waals surface area contributed by atoms with E-state index in [9.17, 15) is 9.59 Å². The largest absolute Gasteiger partial charge is 0.345 e. The fourth-order valence-electron chi connectivity index (χ4n) is 2.27. The lowest BCUT2D eigenvalue weighted by Gasteiger charge is -2.12. The van der Waals surface area contributed by atoms with Crippen LogP contribution in [0.15, 0.2) is 35.7 Å². The first kappa shape index (κ1) is 18.5. The van der Waals surface area contributed by atoms with E-state index in [0.29, 0.717) is 22.7 Å². The molecule has 2 rings (SSSR count). The van der Waals surface area contributed by atoms with E-state index in [0.717, 1.165) is 19.3 Å². The fourth-order valence-corrected chi connectivity index (χ4v) is 3.28. The molecule has 0 saturated heterocycles. The van der Waals surface area contributed by atoms with Gasteiger partial charge in [-0.2, -0.15) is 0 Å². The van der Waals surface area contributed by atoms with Crippen LogP contribution in [-0.4, -0.2) is 30.8 Å². The van der Waals surface area contributed by atoms with Gasteiger partial charge in [-0.3, -0.25) is 9.59 Å². The highest BCUT2D eigenvalue weighted by molar-refractivity contribution is 7.09. The lowest BCUT2D eigenvalue weighted by molar-refractivity contribution is -0.116. The van der Waals surface area contributed by atoms with Crippen molar-refractivity contribution in [1.82, 2.24) is 4.90 Å². The molecule has 1 aromatic carbocycles. The van der Waals surface area contributed by atoms with Crippen molar-refractivity contribution in [2.75, 3.05) is 19.4 Å². The summed E-state index contributed by atoms with van der Waals surface area (Å²) in [7, 11) is 3.34. The number of hydrogen-bond donors (Lipinski definition) is 1. The molecule has 2 amide bonds. The average molecular weight is 365 g/mol. The molecule has 0 radical (unpaired) electrons. The lowest BCUT2D eigenvalue weighted by Crippen LogP contribution is -2.22. The number of hydrogen-bond acceptors (Lipinski definition) is 3. The Balaban J connectivity index is 1.81. The van der Waals surface area contributed by atoms with Gasteiger partial charge < -0.3 is 10.2 Å². The summed E-state index contributed by atoms with van der Waals surface area (Å²) in [5.74, 6) is -0.199. The zero-order valence-electron chi connectivity index (χ0n) is 13.8. The van der Waals surface area contributed by atoms with Gasteiger partial charge in [0.05, 0.1) is 10.6 Å². The highest BCUT2D eigenvalue weighted by Crippen LogP contribution is 2.22. The lowest BCUT2D eigenvalue weighted by atomic mass is 10.1. The van der Waals surface area contributed by atoms with E-state index in [4.69, 9.17) is 11.6 Å². The molecule has 0 bridgehead atoms. The molecule has 0 spiro atoms. The van der Waals surface area contributed by atoms with Crippen LogP contribution in [0.1, 0.15) is 34.5 Å². The zero-order chi connectivity index (χ0) is 17.5. The first-order valence-corrected chi connectivity index (χ1v) is 9.06. The summed E-state index contributed by atoms with van der Waals surface area (Å²) in [6.45, 7) is 0. The number of carbonyl (C=O) groups excluding carboxylic acids is 2. The Labute approximate surface area is 151 Å². The Morgan fingerprint density at radius 1 is 1.21 bits per heavy atom. The molecule has 1 heterocycles. The van der Waals surface area contributed by atoms with Crippen LogP contribution in [0.2, 0.25) is 5.02 Å². The number of amides is 2. The highest BCUT2D eigenvalue weighted by Gasteiger charge is 2.13. The van der Waals surface area contributed by atoms with E-state index >= 15 is 0 Å². The van der Waals surface area contributed by atoms with Gasteiger partial charge in [-0.15, -0.1) is 11.3 Å². The van der Waals surface area contributed by atoms with Crippen LogP contribution in [0.5, 0.6) is 0 Å². The molecule has 0 atom stereocenters. The van der Waals surface area contributed by atoms with E-state index < -0.39 is 0 Å². The number of nitrogens with one attached hydrogen (secondary N) is 1. The molecule has 24 heavy (non-hydrogen) atoms. The van der Waals surface area contributed by atoms with E-state index in [1.165, 1.54) is 9.78 Å². The number of nitrogens with zero attached hydrogens (tertiary/aromatic N) is 1. The summed E-state index contributed by atoms with van der Waals surface area (Å²) in [6, 6.07) is 9.11. The zero-order valence-corrected chi connectivity index (χ0v) is 15.4. The topological polar surface area (TPSA) is 49.4 Å². The summed E-state index contributed by atoms with van der Waals surface area (Å²) in [6.07, 6.45) is 3.32. The second-order valence-corrected chi connectivity index (χ2v) is 7.17. The third-order valence-corrected chi connectivity index (χ3v) is 4.80. The van der Waals surface area contributed by atoms with Crippen LogP contribution >= 0.6 is 22.9 Å². The molecule has 128 valence electrons. The summed E-state index contributed by atoms with van der Waals surface area (Å²) in [4.78, 5) is 26.7. The van der Waals surface area contributed by atoms with Gasteiger partial charge in [0, 0.05) is 31.1 Å². The minimum atomic E-state index is -0.161. The number of thiophene rings is 1. The van der Waals surface area contributed by atoms with E-state index in [-0.39, 0.29) is 11.8 Å². The summed E-state index contributed by atoms with van der Waals surface area (Å²) < 4.78 is 0. The first-order valence-electron chi connectivity index (χ1n) is 7.81. The quantitative estimate of drug-likeness (QED) is 0.737. The van der Waals surface area contributed by atoms with Gasteiger partial charge in [0.25, 0.3) is 5.91 Å². The maximum Gasteiger partial charge on any atom is 0.254 e. The third kappa shape index (κ3) is 5.35. The second-order valence-electron chi connectivity index (χ2n) is 5.73. The van der Waals surface area contributed by atoms with Crippen LogP contribution in [0.3, 0.4) is 0 Å². The number of halogens is 1. The van der Waals surface area contributed by atoms with Gasteiger partial charge in [0.2, 0.25) is 5.91 Å². The van der Waals surface area contributed by atoms with E-state index in [2.05, 4.69) is 16.8 Å². The summed E-state index contributed by atoms with van der Waals surface area (Å²) >= 11 is 7.88. The fraction of sp³-hybridized carbons (Fsp3) is 0.333. The van der Waals surface area contributed by atoms with Crippen LogP contribution < -0.4 is 5.32 Å². The van der Waals surface area contributed by atoms with Crippen molar-refractivity contribution in [1.29, 1.82) is 0 Å². The molecule has 4 nitrogen and oxygen atoms in total. The minimum Gasteiger partial charge on any atom is -0.345 e. The monoisotopic (exact) mass is 364 g/mol. The van der Waals surface area contributed by atoms with Crippen LogP contribution in [0.4, 0.5) is 5.69 Å². The maximum absolute atomic E-state index is 12.0. The number of carbonyl (C=O) groups is 2. The van der Waals surface area contributed by atoms with Gasteiger partial charge in [-0.05, 0) is 48.9 Å². The van der Waals surface area contributed by atoms with Crippen molar-refractivity contribution in [3.63, 3.8) is 0 Å². The molecule has 1 N–H and O–H groups in total. The second kappa shape index (κ2) is 8.85. The molecule has 0 saturated carbocycles. The van der Waals surface area contributed by atoms with Crippen LogP contribution in [-0.2, 0) is 11.2 Å². The average Bonchev–Trinajstić information content (AvgIpc) is 3.04. The van der Waals surface area contributed by atoms with Gasteiger partial charge in [-0.1, -0.05) is 17.7 Å². The first-order chi connectivity index (χ1) is 11.5.